The van der Waals surface area contributed by atoms with Crippen molar-refractivity contribution in [1.29, 1.82) is 0 Å². The summed E-state index contributed by atoms with van der Waals surface area (Å²) < 4.78 is 5.81. The summed E-state index contributed by atoms with van der Waals surface area (Å²) in [5.41, 5.74) is 8.10. The van der Waals surface area contributed by atoms with Crippen LogP contribution in [0.2, 0.25) is 0 Å². The largest absolute Gasteiger partial charge is 0.423 e. The van der Waals surface area contributed by atoms with Gasteiger partial charge >= 0.3 is 0 Å². The minimum absolute atomic E-state index is 0.496. The maximum absolute atomic E-state index is 5.81. The first-order valence-corrected chi connectivity index (χ1v) is 6.09. The summed E-state index contributed by atoms with van der Waals surface area (Å²) in [7, 11) is 0. The van der Waals surface area contributed by atoms with Gasteiger partial charge in [-0.1, -0.05) is 0 Å². The number of oxazole rings is 1. The van der Waals surface area contributed by atoms with Gasteiger partial charge in [-0.05, 0) is 38.8 Å². The Bertz CT molecular complexity index is 539. The average Bonchev–Trinajstić information content (AvgIpc) is 2.81. The molecule has 17 heavy (non-hydrogen) atoms. The second kappa shape index (κ2) is 3.65. The van der Waals surface area contributed by atoms with Crippen LogP contribution in [-0.4, -0.2) is 17.1 Å². The Morgan fingerprint density at radius 2 is 2.00 bits per heavy atom. The lowest BCUT2D eigenvalue weighted by molar-refractivity contribution is 0.538. The Hall–Kier alpha value is -1.71. The van der Waals surface area contributed by atoms with Gasteiger partial charge in [0.1, 0.15) is 5.52 Å². The van der Waals surface area contributed by atoms with Crippen molar-refractivity contribution < 1.29 is 4.42 Å². The van der Waals surface area contributed by atoms with Crippen molar-refractivity contribution in [2.24, 2.45) is 0 Å². The number of nitrogen functional groups attached to an aromatic ring is 1. The number of nitrogens with zero attached hydrogens (tertiary/aromatic N) is 2. The molecule has 0 aliphatic carbocycles. The first-order valence-electron chi connectivity index (χ1n) is 6.09. The van der Waals surface area contributed by atoms with Crippen LogP contribution in [0.1, 0.15) is 26.7 Å². The fraction of sp³-hybridized carbons (Fsp3) is 0.462. The molecular weight excluding hydrogens is 214 g/mol. The van der Waals surface area contributed by atoms with Crippen molar-refractivity contribution >= 4 is 22.8 Å². The van der Waals surface area contributed by atoms with E-state index >= 15 is 0 Å². The van der Waals surface area contributed by atoms with Crippen molar-refractivity contribution in [3.8, 4) is 0 Å². The Morgan fingerprint density at radius 1 is 1.29 bits per heavy atom. The van der Waals surface area contributed by atoms with E-state index in [-0.39, 0.29) is 0 Å². The van der Waals surface area contributed by atoms with Crippen molar-refractivity contribution in [2.45, 2.75) is 38.8 Å². The number of hydrogen-bond acceptors (Lipinski definition) is 4. The topological polar surface area (TPSA) is 55.3 Å². The van der Waals surface area contributed by atoms with Gasteiger partial charge in [-0.3, -0.25) is 0 Å². The summed E-state index contributed by atoms with van der Waals surface area (Å²) in [5, 5.41) is 0. The molecule has 1 aromatic heterocycles. The molecule has 0 saturated carbocycles. The summed E-state index contributed by atoms with van der Waals surface area (Å²) in [6, 6.07) is 7.31. The first kappa shape index (κ1) is 10.4. The zero-order valence-electron chi connectivity index (χ0n) is 10.2. The van der Waals surface area contributed by atoms with Gasteiger partial charge in [-0.2, -0.15) is 4.98 Å². The molecule has 0 bridgehead atoms. The maximum atomic E-state index is 5.81. The van der Waals surface area contributed by atoms with Crippen molar-refractivity contribution in [3.63, 3.8) is 0 Å². The molecular formula is C13H17N3O. The molecule has 4 heteroatoms. The van der Waals surface area contributed by atoms with Crippen LogP contribution >= 0.6 is 0 Å². The van der Waals surface area contributed by atoms with Gasteiger partial charge in [0.2, 0.25) is 0 Å². The Labute approximate surface area is 100 Å². The van der Waals surface area contributed by atoms with Gasteiger partial charge in [0, 0.05) is 23.8 Å². The third kappa shape index (κ3) is 1.64. The SMILES string of the molecule is C[C@@H]1CC[C@H](C)N1c1nc2ccc(N)cc2o1. The normalized spacial score (nSPS) is 24.7. The van der Waals surface area contributed by atoms with Gasteiger partial charge in [0.15, 0.2) is 5.58 Å². The molecule has 3 rings (SSSR count). The fourth-order valence-electron chi connectivity index (χ4n) is 2.61. The Kier molecular flexibility index (Phi) is 2.24. The summed E-state index contributed by atoms with van der Waals surface area (Å²) in [6.07, 6.45) is 2.39. The van der Waals surface area contributed by atoms with Crippen LogP contribution in [-0.2, 0) is 0 Å². The van der Waals surface area contributed by atoms with E-state index in [0.717, 1.165) is 17.1 Å². The molecule has 2 aromatic rings. The van der Waals surface area contributed by atoms with Crippen molar-refractivity contribution in [3.05, 3.63) is 18.2 Å². The standard InChI is InChI=1S/C13H17N3O/c1-8-3-4-9(2)16(8)13-15-11-6-5-10(14)7-12(11)17-13/h5-9H,3-4,14H2,1-2H3/t8-,9+. The molecule has 90 valence electrons. The van der Waals surface area contributed by atoms with Crippen LogP contribution in [0.25, 0.3) is 11.1 Å². The van der Waals surface area contributed by atoms with Crippen LogP contribution in [0.4, 0.5) is 11.7 Å². The molecule has 0 spiro atoms. The number of anilines is 2. The van der Waals surface area contributed by atoms with Crippen LogP contribution in [0.15, 0.2) is 22.6 Å². The third-order valence-electron chi connectivity index (χ3n) is 3.57. The van der Waals surface area contributed by atoms with E-state index in [9.17, 15) is 0 Å². The molecule has 1 saturated heterocycles. The Balaban J connectivity index is 2.05. The minimum Gasteiger partial charge on any atom is -0.423 e. The third-order valence-corrected chi connectivity index (χ3v) is 3.57. The second-order valence-electron chi connectivity index (χ2n) is 4.91. The fourth-order valence-corrected chi connectivity index (χ4v) is 2.61. The summed E-state index contributed by atoms with van der Waals surface area (Å²) in [6.45, 7) is 4.43. The molecule has 0 radical (unpaired) electrons. The monoisotopic (exact) mass is 231 g/mol. The zero-order chi connectivity index (χ0) is 12.0. The lowest BCUT2D eigenvalue weighted by Gasteiger charge is -2.23. The molecule has 1 fully saturated rings. The number of hydrogen-bond donors (Lipinski definition) is 1. The smallest absolute Gasteiger partial charge is 0.298 e. The first-order chi connectivity index (χ1) is 8.15. The summed E-state index contributed by atoms with van der Waals surface area (Å²) >= 11 is 0. The van der Waals surface area contributed by atoms with Crippen LogP contribution in [0.3, 0.4) is 0 Å². The van der Waals surface area contributed by atoms with Crippen molar-refractivity contribution in [2.75, 3.05) is 10.6 Å². The second-order valence-corrected chi connectivity index (χ2v) is 4.91. The molecule has 1 aliphatic heterocycles. The van der Waals surface area contributed by atoms with E-state index in [1.54, 1.807) is 0 Å². The molecule has 1 aliphatic rings. The van der Waals surface area contributed by atoms with Crippen LogP contribution in [0.5, 0.6) is 0 Å². The highest BCUT2D eigenvalue weighted by atomic mass is 16.4. The van der Waals surface area contributed by atoms with Gasteiger partial charge in [-0.15, -0.1) is 0 Å². The molecule has 0 unspecified atom stereocenters. The minimum atomic E-state index is 0.496. The molecule has 2 N–H and O–H groups in total. The van der Waals surface area contributed by atoms with E-state index in [1.165, 1.54) is 12.8 Å². The predicted molar refractivity (Wildman–Crippen MR) is 69.1 cm³/mol. The van der Waals surface area contributed by atoms with Gasteiger partial charge in [-0.25, -0.2) is 0 Å². The molecule has 2 heterocycles. The number of aromatic nitrogens is 1. The molecule has 0 amide bonds. The van der Waals surface area contributed by atoms with Crippen LogP contribution in [0, 0.1) is 0 Å². The average molecular weight is 231 g/mol. The maximum Gasteiger partial charge on any atom is 0.298 e. The van der Waals surface area contributed by atoms with Crippen LogP contribution < -0.4 is 10.6 Å². The quantitative estimate of drug-likeness (QED) is 0.767. The van der Waals surface area contributed by atoms with E-state index in [2.05, 4.69) is 23.7 Å². The van der Waals surface area contributed by atoms with Gasteiger partial charge < -0.3 is 15.1 Å². The highest BCUT2D eigenvalue weighted by molar-refractivity contribution is 5.78. The predicted octanol–water partition coefficient (Wildman–Crippen LogP) is 2.79. The molecule has 1 aromatic carbocycles. The summed E-state index contributed by atoms with van der Waals surface area (Å²) in [5.74, 6) is 0. The highest BCUT2D eigenvalue weighted by Gasteiger charge is 2.30. The zero-order valence-corrected chi connectivity index (χ0v) is 10.2. The van der Waals surface area contributed by atoms with E-state index in [0.29, 0.717) is 17.8 Å². The van der Waals surface area contributed by atoms with Crippen molar-refractivity contribution in [1.82, 2.24) is 4.98 Å². The summed E-state index contributed by atoms with van der Waals surface area (Å²) in [4.78, 5) is 6.80. The lowest BCUT2D eigenvalue weighted by Crippen LogP contribution is -2.32. The number of fused-ring (bicyclic) bond motifs is 1. The van der Waals surface area contributed by atoms with Gasteiger partial charge in [0.25, 0.3) is 6.01 Å². The number of nitrogens with two attached hydrogens (primary N) is 1. The van der Waals surface area contributed by atoms with E-state index < -0.39 is 0 Å². The lowest BCUT2D eigenvalue weighted by atomic mass is 10.2. The molecule has 2 atom stereocenters. The Morgan fingerprint density at radius 3 is 2.71 bits per heavy atom. The van der Waals surface area contributed by atoms with E-state index in [1.807, 2.05) is 18.2 Å². The van der Waals surface area contributed by atoms with Gasteiger partial charge in [0.05, 0.1) is 0 Å². The number of rotatable bonds is 1. The molecule has 4 nitrogen and oxygen atoms in total. The van der Waals surface area contributed by atoms with E-state index in [4.69, 9.17) is 10.2 Å². The number of benzene rings is 1. The highest BCUT2D eigenvalue weighted by Crippen LogP contribution is 2.32.